The highest BCUT2D eigenvalue weighted by Crippen LogP contribution is 2.18. The predicted molar refractivity (Wildman–Crippen MR) is 77.4 cm³/mol. The molecule has 1 aromatic rings. The van der Waals surface area contributed by atoms with E-state index in [1.165, 1.54) is 0 Å². The minimum Gasteiger partial charge on any atom is -0.370 e. The largest absolute Gasteiger partial charge is 0.370 e. The highest BCUT2D eigenvalue weighted by atomic mass is 35.5. The van der Waals surface area contributed by atoms with Crippen molar-refractivity contribution in [2.75, 3.05) is 18.4 Å². The number of pyridine rings is 1. The van der Waals surface area contributed by atoms with Gasteiger partial charge in [0, 0.05) is 31.7 Å². The van der Waals surface area contributed by atoms with Crippen molar-refractivity contribution < 1.29 is 4.79 Å². The van der Waals surface area contributed by atoms with Gasteiger partial charge in [0.25, 0.3) is 0 Å². The van der Waals surface area contributed by atoms with Crippen molar-refractivity contribution in [3.8, 4) is 0 Å². The first kappa shape index (κ1) is 14.1. The Bertz CT molecular complexity index is 421. The lowest BCUT2D eigenvalue weighted by Gasteiger charge is -2.27. The standard InChI is InChI=1S/C14H20ClN3O/c1-2-12(18-9-3-4-14(18)19)7-8-16-13-6-5-11(15)10-17-13/h5-6,10,12H,2-4,7-9H2,1H3,(H,16,17)/t12-/m0/s1. The van der Waals surface area contributed by atoms with Gasteiger partial charge >= 0.3 is 0 Å². The average molecular weight is 282 g/mol. The summed E-state index contributed by atoms with van der Waals surface area (Å²) in [5, 5.41) is 3.91. The van der Waals surface area contributed by atoms with Crippen LogP contribution in [0.2, 0.25) is 5.02 Å². The van der Waals surface area contributed by atoms with Crippen LogP contribution in [0.15, 0.2) is 18.3 Å². The quantitative estimate of drug-likeness (QED) is 0.872. The second-order valence-electron chi connectivity index (χ2n) is 4.83. The van der Waals surface area contributed by atoms with E-state index in [-0.39, 0.29) is 0 Å². The van der Waals surface area contributed by atoms with Crippen LogP contribution < -0.4 is 5.32 Å². The molecule has 0 unspecified atom stereocenters. The molecule has 1 saturated heterocycles. The molecule has 2 rings (SSSR count). The molecule has 1 aliphatic heterocycles. The molecule has 1 atom stereocenters. The number of hydrogen-bond acceptors (Lipinski definition) is 3. The molecule has 19 heavy (non-hydrogen) atoms. The lowest BCUT2D eigenvalue weighted by atomic mass is 10.1. The zero-order chi connectivity index (χ0) is 13.7. The van der Waals surface area contributed by atoms with Gasteiger partial charge in [-0.2, -0.15) is 0 Å². The fraction of sp³-hybridized carbons (Fsp3) is 0.571. The van der Waals surface area contributed by atoms with E-state index in [4.69, 9.17) is 11.6 Å². The maximum Gasteiger partial charge on any atom is 0.222 e. The fourth-order valence-corrected chi connectivity index (χ4v) is 2.59. The molecule has 4 nitrogen and oxygen atoms in total. The molecule has 1 aromatic heterocycles. The first-order valence-electron chi connectivity index (χ1n) is 6.85. The van der Waals surface area contributed by atoms with Crippen LogP contribution >= 0.6 is 11.6 Å². The van der Waals surface area contributed by atoms with E-state index in [0.717, 1.165) is 38.2 Å². The van der Waals surface area contributed by atoms with E-state index in [9.17, 15) is 4.79 Å². The summed E-state index contributed by atoms with van der Waals surface area (Å²) < 4.78 is 0. The fourth-order valence-electron chi connectivity index (χ4n) is 2.48. The van der Waals surface area contributed by atoms with Crippen LogP contribution in [0, 0.1) is 0 Å². The second-order valence-corrected chi connectivity index (χ2v) is 5.27. The minimum absolute atomic E-state index is 0.302. The number of halogens is 1. The molecule has 5 heteroatoms. The summed E-state index contributed by atoms with van der Waals surface area (Å²) in [6.07, 6.45) is 5.30. The van der Waals surface area contributed by atoms with Crippen LogP contribution in [0.25, 0.3) is 0 Å². The molecule has 1 N–H and O–H groups in total. The van der Waals surface area contributed by atoms with Gasteiger partial charge in [-0.05, 0) is 31.4 Å². The molecule has 0 saturated carbocycles. The summed E-state index contributed by atoms with van der Waals surface area (Å²) in [6, 6.07) is 4.03. The van der Waals surface area contributed by atoms with E-state index in [1.54, 1.807) is 6.20 Å². The third-order valence-corrected chi connectivity index (χ3v) is 3.76. The normalized spacial score (nSPS) is 16.7. The lowest BCUT2D eigenvalue weighted by Crippen LogP contribution is -2.37. The molecular formula is C14H20ClN3O. The Balaban J connectivity index is 1.80. The van der Waals surface area contributed by atoms with Crippen LogP contribution in [-0.4, -0.2) is 34.9 Å². The Morgan fingerprint density at radius 2 is 2.37 bits per heavy atom. The predicted octanol–water partition coefficient (Wildman–Crippen LogP) is 2.94. The van der Waals surface area contributed by atoms with Crippen LogP contribution in [0.3, 0.4) is 0 Å². The van der Waals surface area contributed by atoms with Crippen molar-refractivity contribution in [3.63, 3.8) is 0 Å². The topological polar surface area (TPSA) is 45.2 Å². The number of anilines is 1. The summed E-state index contributed by atoms with van der Waals surface area (Å²) in [5.74, 6) is 1.13. The number of carbonyl (C=O) groups excluding carboxylic acids is 1. The van der Waals surface area contributed by atoms with Gasteiger partial charge in [0.05, 0.1) is 5.02 Å². The van der Waals surface area contributed by atoms with Gasteiger partial charge in [-0.25, -0.2) is 4.98 Å². The first-order valence-corrected chi connectivity index (χ1v) is 7.23. The Labute approximate surface area is 119 Å². The third-order valence-electron chi connectivity index (χ3n) is 3.53. The minimum atomic E-state index is 0.302. The summed E-state index contributed by atoms with van der Waals surface area (Å²) in [4.78, 5) is 17.9. The summed E-state index contributed by atoms with van der Waals surface area (Å²) >= 11 is 5.79. The number of nitrogens with zero attached hydrogens (tertiary/aromatic N) is 2. The van der Waals surface area contributed by atoms with Gasteiger partial charge < -0.3 is 10.2 Å². The number of nitrogens with one attached hydrogen (secondary N) is 1. The van der Waals surface area contributed by atoms with Crippen molar-refractivity contribution in [1.82, 2.24) is 9.88 Å². The Morgan fingerprint density at radius 3 is 2.95 bits per heavy atom. The Kier molecular flexibility index (Phi) is 5.02. The van der Waals surface area contributed by atoms with Crippen LogP contribution in [0.5, 0.6) is 0 Å². The Hall–Kier alpha value is -1.29. The van der Waals surface area contributed by atoms with Crippen LogP contribution in [0.1, 0.15) is 32.6 Å². The number of aromatic nitrogens is 1. The first-order chi connectivity index (χ1) is 9.20. The van der Waals surface area contributed by atoms with E-state index in [1.807, 2.05) is 17.0 Å². The molecule has 0 spiro atoms. The zero-order valence-corrected chi connectivity index (χ0v) is 12.0. The van der Waals surface area contributed by atoms with Gasteiger partial charge in [-0.15, -0.1) is 0 Å². The summed E-state index contributed by atoms with van der Waals surface area (Å²) in [6.45, 7) is 3.87. The molecule has 0 aliphatic carbocycles. The molecule has 0 radical (unpaired) electrons. The summed E-state index contributed by atoms with van der Waals surface area (Å²) in [5.41, 5.74) is 0. The van der Waals surface area contributed by atoms with Crippen LogP contribution in [-0.2, 0) is 4.79 Å². The van der Waals surface area contributed by atoms with Gasteiger partial charge in [0.1, 0.15) is 5.82 Å². The van der Waals surface area contributed by atoms with E-state index in [0.29, 0.717) is 23.4 Å². The smallest absolute Gasteiger partial charge is 0.222 e. The number of likely N-dealkylation sites (tertiary alicyclic amines) is 1. The monoisotopic (exact) mass is 281 g/mol. The van der Waals surface area contributed by atoms with Crippen molar-refractivity contribution in [2.24, 2.45) is 0 Å². The highest BCUT2D eigenvalue weighted by Gasteiger charge is 2.26. The van der Waals surface area contributed by atoms with Gasteiger partial charge in [-0.3, -0.25) is 4.79 Å². The Morgan fingerprint density at radius 1 is 1.53 bits per heavy atom. The molecule has 104 valence electrons. The van der Waals surface area contributed by atoms with Gasteiger partial charge in [0.15, 0.2) is 0 Å². The van der Waals surface area contributed by atoms with Gasteiger partial charge in [0.2, 0.25) is 5.91 Å². The molecule has 1 fully saturated rings. The highest BCUT2D eigenvalue weighted by molar-refractivity contribution is 6.30. The third kappa shape index (κ3) is 3.83. The van der Waals surface area contributed by atoms with E-state index >= 15 is 0 Å². The van der Waals surface area contributed by atoms with Crippen molar-refractivity contribution in [2.45, 2.75) is 38.6 Å². The number of rotatable bonds is 6. The molecule has 0 aromatic carbocycles. The number of amides is 1. The number of hydrogen-bond donors (Lipinski definition) is 1. The maximum atomic E-state index is 11.7. The zero-order valence-electron chi connectivity index (χ0n) is 11.2. The van der Waals surface area contributed by atoms with Crippen LogP contribution in [0.4, 0.5) is 5.82 Å². The SMILES string of the molecule is CC[C@@H](CCNc1ccc(Cl)cn1)N1CCCC1=O. The van der Waals surface area contributed by atoms with Crippen molar-refractivity contribution in [1.29, 1.82) is 0 Å². The molecule has 0 bridgehead atoms. The molecular weight excluding hydrogens is 262 g/mol. The second kappa shape index (κ2) is 6.75. The van der Waals surface area contributed by atoms with E-state index < -0.39 is 0 Å². The molecule has 2 heterocycles. The maximum absolute atomic E-state index is 11.7. The molecule has 1 aliphatic rings. The van der Waals surface area contributed by atoms with Crippen molar-refractivity contribution in [3.05, 3.63) is 23.4 Å². The molecule has 1 amide bonds. The average Bonchev–Trinajstić information content (AvgIpc) is 2.83. The van der Waals surface area contributed by atoms with Gasteiger partial charge in [-0.1, -0.05) is 18.5 Å². The van der Waals surface area contributed by atoms with E-state index in [2.05, 4.69) is 17.2 Å². The lowest BCUT2D eigenvalue weighted by molar-refractivity contribution is -0.129. The summed E-state index contributed by atoms with van der Waals surface area (Å²) in [7, 11) is 0. The number of carbonyl (C=O) groups is 1. The van der Waals surface area contributed by atoms with Crippen molar-refractivity contribution >= 4 is 23.3 Å².